The lowest BCUT2D eigenvalue weighted by Crippen LogP contribution is -2.12. The summed E-state index contributed by atoms with van der Waals surface area (Å²) >= 11 is 5.83. The summed E-state index contributed by atoms with van der Waals surface area (Å²) in [6, 6.07) is 6.44. The number of nitrogens with one attached hydrogen (secondary N) is 1. The third kappa shape index (κ3) is 3.66. The van der Waals surface area contributed by atoms with E-state index in [2.05, 4.69) is 10.3 Å². The van der Waals surface area contributed by atoms with Crippen molar-refractivity contribution in [1.82, 2.24) is 10.3 Å². The summed E-state index contributed by atoms with van der Waals surface area (Å²) in [6.45, 7) is 3.33. The fraction of sp³-hybridized carbons (Fsp3) is 0.214. The van der Waals surface area contributed by atoms with Crippen molar-refractivity contribution in [1.29, 1.82) is 0 Å². The van der Waals surface area contributed by atoms with Gasteiger partial charge in [-0.1, -0.05) is 30.7 Å². The number of ether oxygens (including phenoxy) is 1. The molecule has 0 bridgehead atoms. The molecule has 0 aliphatic heterocycles. The summed E-state index contributed by atoms with van der Waals surface area (Å²) < 4.78 is 19.4. The minimum absolute atomic E-state index is 0.201. The van der Waals surface area contributed by atoms with Gasteiger partial charge in [0, 0.05) is 24.4 Å². The fourth-order valence-corrected chi connectivity index (χ4v) is 1.80. The van der Waals surface area contributed by atoms with E-state index in [1.165, 1.54) is 18.5 Å². The van der Waals surface area contributed by atoms with Gasteiger partial charge in [0.15, 0.2) is 11.6 Å². The Bertz CT molecular complexity index is 563. The maximum atomic E-state index is 13.9. The Morgan fingerprint density at radius 2 is 2.21 bits per heavy atom. The van der Waals surface area contributed by atoms with E-state index in [0.717, 1.165) is 12.1 Å². The fourth-order valence-electron chi connectivity index (χ4n) is 1.63. The van der Waals surface area contributed by atoms with Gasteiger partial charge in [0.1, 0.15) is 5.75 Å². The highest BCUT2D eigenvalue weighted by molar-refractivity contribution is 6.30. The Labute approximate surface area is 116 Å². The van der Waals surface area contributed by atoms with Crippen LogP contribution in [0.15, 0.2) is 36.7 Å². The number of benzene rings is 1. The molecular formula is C14H14ClFN2O. The molecule has 2 rings (SSSR count). The number of hydrogen-bond donors (Lipinski definition) is 1. The third-order valence-corrected chi connectivity index (χ3v) is 2.72. The van der Waals surface area contributed by atoms with Gasteiger partial charge in [0.2, 0.25) is 0 Å². The molecule has 0 amide bonds. The Morgan fingerprint density at radius 1 is 1.37 bits per heavy atom. The molecule has 0 saturated carbocycles. The molecule has 19 heavy (non-hydrogen) atoms. The van der Waals surface area contributed by atoms with Crippen LogP contribution in [0.5, 0.6) is 11.5 Å². The average molecular weight is 281 g/mol. The zero-order valence-corrected chi connectivity index (χ0v) is 11.2. The van der Waals surface area contributed by atoms with Crippen molar-refractivity contribution in [3.8, 4) is 11.5 Å². The quantitative estimate of drug-likeness (QED) is 0.905. The molecule has 0 radical (unpaired) electrons. The normalized spacial score (nSPS) is 10.5. The van der Waals surface area contributed by atoms with Gasteiger partial charge in [-0.15, -0.1) is 0 Å². The van der Waals surface area contributed by atoms with Crippen molar-refractivity contribution in [3.05, 3.63) is 53.1 Å². The number of hydrogen-bond acceptors (Lipinski definition) is 3. The van der Waals surface area contributed by atoms with Gasteiger partial charge in [-0.25, -0.2) is 4.39 Å². The second-order valence-corrected chi connectivity index (χ2v) is 4.39. The maximum absolute atomic E-state index is 13.9. The van der Waals surface area contributed by atoms with Gasteiger partial charge in [0.05, 0.1) is 11.2 Å². The molecule has 1 N–H and O–H groups in total. The zero-order valence-electron chi connectivity index (χ0n) is 10.5. The second kappa shape index (κ2) is 6.50. The number of nitrogens with zero attached hydrogens (tertiary/aromatic N) is 1. The first-order valence-corrected chi connectivity index (χ1v) is 6.35. The lowest BCUT2D eigenvalue weighted by Gasteiger charge is -2.12. The molecule has 3 nitrogen and oxygen atoms in total. The number of rotatable bonds is 5. The minimum Gasteiger partial charge on any atom is -0.452 e. The highest BCUT2D eigenvalue weighted by Crippen LogP contribution is 2.29. The first-order valence-electron chi connectivity index (χ1n) is 5.97. The summed E-state index contributed by atoms with van der Waals surface area (Å²) in [5, 5.41) is 3.59. The number of halogens is 2. The van der Waals surface area contributed by atoms with E-state index in [4.69, 9.17) is 16.3 Å². The van der Waals surface area contributed by atoms with E-state index in [0.29, 0.717) is 17.3 Å². The molecule has 1 heterocycles. The summed E-state index contributed by atoms with van der Waals surface area (Å²) in [5.74, 6) is 0.207. The summed E-state index contributed by atoms with van der Waals surface area (Å²) in [6.07, 6.45) is 2.99. The second-order valence-electron chi connectivity index (χ2n) is 3.95. The van der Waals surface area contributed by atoms with E-state index in [-0.39, 0.29) is 5.75 Å². The van der Waals surface area contributed by atoms with Crippen LogP contribution in [-0.2, 0) is 6.54 Å². The van der Waals surface area contributed by atoms with Crippen LogP contribution in [0.1, 0.15) is 12.5 Å². The topological polar surface area (TPSA) is 34.1 Å². The number of para-hydroxylation sites is 1. The molecule has 0 atom stereocenters. The first-order chi connectivity index (χ1) is 9.20. The lowest BCUT2D eigenvalue weighted by molar-refractivity contribution is 0.432. The van der Waals surface area contributed by atoms with Crippen molar-refractivity contribution in [3.63, 3.8) is 0 Å². The summed E-state index contributed by atoms with van der Waals surface area (Å²) in [5.41, 5.74) is 0.752. The minimum atomic E-state index is -0.407. The molecule has 100 valence electrons. The molecule has 1 aromatic carbocycles. The molecule has 2 aromatic rings. The monoisotopic (exact) mass is 280 g/mol. The van der Waals surface area contributed by atoms with Crippen molar-refractivity contribution in [2.24, 2.45) is 0 Å². The van der Waals surface area contributed by atoms with E-state index < -0.39 is 5.82 Å². The van der Waals surface area contributed by atoms with Crippen LogP contribution in [0.25, 0.3) is 0 Å². The predicted octanol–water partition coefficient (Wildman–Crippen LogP) is 3.78. The van der Waals surface area contributed by atoms with Crippen LogP contribution in [0, 0.1) is 5.82 Å². The Kier molecular flexibility index (Phi) is 4.71. The molecule has 0 spiro atoms. The van der Waals surface area contributed by atoms with Crippen LogP contribution in [0.3, 0.4) is 0 Å². The van der Waals surface area contributed by atoms with Crippen LogP contribution < -0.4 is 10.1 Å². The van der Waals surface area contributed by atoms with Crippen LogP contribution in [-0.4, -0.2) is 11.5 Å². The molecular weight excluding hydrogens is 267 g/mol. The van der Waals surface area contributed by atoms with Crippen molar-refractivity contribution in [2.45, 2.75) is 13.5 Å². The van der Waals surface area contributed by atoms with Crippen molar-refractivity contribution >= 4 is 11.6 Å². The SMILES string of the molecule is CCNCc1cccc(F)c1Oc1cncc(Cl)c1. The van der Waals surface area contributed by atoms with E-state index in [1.807, 2.05) is 13.0 Å². The molecule has 0 aliphatic rings. The summed E-state index contributed by atoms with van der Waals surface area (Å²) in [4.78, 5) is 3.91. The Balaban J connectivity index is 2.27. The van der Waals surface area contributed by atoms with Crippen molar-refractivity contribution in [2.75, 3.05) is 6.54 Å². The van der Waals surface area contributed by atoms with Gasteiger partial charge in [-0.05, 0) is 12.6 Å². The van der Waals surface area contributed by atoms with Gasteiger partial charge < -0.3 is 10.1 Å². The zero-order chi connectivity index (χ0) is 13.7. The van der Waals surface area contributed by atoms with Gasteiger partial charge in [-0.2, -0.15) is 0 Å². The maximum Gasteiger partial charge on any atom is 0.167 e. The van der Waals surface area contributed by atoms with E-state index >= 15 is 0 Å². The predicted molar refractivity (Wildman–Crippen MR) is 73.1 cm³/mol. The Hall–Kier alpha value is -1.65. The largest absolute Gasteiger partial charge is 0.452 e. The first kappa shape index (κ1) is 13.8. The van der Waals surface area contributed by atoms with Crippen LogP contribution >= 0.6 is 11.6 Å². The summed E-state index contributed by atoms with van der Waals surface area (Å²) in [7, 11) is 0. The number of aromatic nitrogens is 1. The third-order valence-electron chi connectivity index (χ3n) is 2.51. The van der Waals surface area contributed by atoms with Gasteiger partial charge in [0.25, 0.3) is 0 Å². The average Bonchev–Trinajstić information content (AvgIpc) is 2.39. The van der Waals surface area contributed by atoms with Crippen LogP contribution in [0.4, 0.5) is 4.39 Å². The molecule has 1 aromatic heterocycles. The van der Waals surface area contributed by atoms with Gasteiger partial charge >= 0.3 is 0 Å². The van der Waals surface area contributed by atoms with Crippen LogP contribution in [0.2, 0.25) is 5.02 Å². The van der Waals surface area contributed by atoms with E-state index in [9.17, 15) is 4.39 Å². The molecule has 0 unspecified atom stereocenters. The van der Waals surface area contributed by atoms with Crippen molar-refractivity contribution < 1.29 is 9.13 Å². The van der Waals surface area contributed by atoms with E-state index in [1.54, 1.807) is 12.1 Å². The smallest absolute Gasteiger partial charge is 0.167 e. The standard InChI is InChI=1S/C14H14ClFN2O/c1-2-17-7-10-4-3-5-13(16)14(10)19-12-6-11(15)8-18-9-12/h3-6,8-9,17H,2,7H2,1H3. The van der Waals surface area contributed by atoms with Gasteiger partial charge in [-0.3, -0.25) is 4.98 Å². The Morgan fingerprint density at radius 3 is 2.95 bits per heavy atom. The highest BCUT2D eigenvalue weighted by Gasteiger charge is 2.11. The highest BCUT2D eigenvalue weighted by atomic mass is 35.5. The number of pyridine rings is 1. The molecule has 0 aliphatic carbocycles. The molecule has 5 heteroatoms. The lowest BCUT2D eigenvalue weighted by atomic mass is 10.2. The molecule has 0 saturated heterocycles. The molecule has 0 fully saturated rings.